The van der Waals surface area contributed by atoms with E-state index in [2.05, 4.69) is 0 Å². The van der Waals surface area contributed by atoms with Crippen LogP contribution in [0.1, 0.15) is 21.5 Å². The van der Waals surface area contributed by atoms with Gasteiger partial charge >= 0.3 is 0 Å². The molecule has 7 rings (SSSR count). The number of benzene rings is 4. The Kier molecular flexibility index (Phi) is 4.90. The second-order valence-corrected chi connectivity index (χ2v) is 9.93. The third-order valence-electron chi connectivity index (χ3n) is 7.53. The van der Waals surface area contributed by atoms with Crippen molar-refractivity contribution in [1.29, 1.82) is 0 Å². The first-order valence-corrected chi connectivity index (χ1v) is 12.3. The highest BCUT2D eigenvalue weighted by atomic mass is 16.7. The zero-order valence-electron chi connectivity index (χ0n) is 21.0. The summed E-state index contributed by atoms with van der Waals surface area (Å²) in [5.41, 5.74) is -3.88. The maximum atomic E-state index is 14.4. The van der Waals surface area contributed by atoms with Crippen LogP contribution in [-0.4, -0.2) is 47.8 Å². The molecular formula is C30H18O12. The smallest absolute Gasteiger partial charge is 0.262 e. The van der Waals surface area contributed by atoms with Gasteiger partial charge in [0.2, 0.25) is 5.43 Å². The number of hydrogen-bond donors (Lipinski definition) is 7. The summed E-state index contributed by atoms with van der Waals surface area (Å²) in [6.45, 7) is 0. The summed E-state index contributed by atoms with van der Waals surface area (Å²) in [7, 11) is 0. The fraction of sp³-hybridized carbons (Fsp3) is 0.0667. The zero-order chi connectivity index (χ0) is 29.7. The summed E-state index contributed by atoms with van der Waals surface area (Å²) in [5, 5.41) is 72.6. The summed E-state index contributed by atoms with van der Waals surface area (Å²) in [6, 6.07) is 10.0. The van der Waals surface area contributed by atoms with Crippen molar-refractivity contribution in [1.82, 2.24) is 0 Å². The lowest BCUT2D eigenvalue weighted by atomic mass is 9.67. The third kappa shape index (κ3) is 3.17. The molecule has 0 aliphatic carbocycles. The molecule has 42 heavy (non-hydrogen) atoms. The average Bonchev–Trinajstić information content (AvgIpc) is 3.22. The average molecular weight is 570 g/mol. The number of fused-ring (bicyclic) bond motifs is 5. The minimum atomic E-state index is -2.05. The molecule has 210 valence electrons. The molecule has 0 bridgehead atoms. The number of rotatable bonds is 2. The molecule has 1 aromatic heterocycles. The van der Waals surface area contributed by atoms with Crippen molar-refractivity contribution in [3.8, 4) is 62.9 Å². The van der Waals surface area contributed by atoms with Crippen molar-refractivity contribution in [2.24, 2.45) is 0 Å². The maximum absolute atomic E-state index is 14.4. The molecule has 2 unspecified atom stereocenters. The van der Waals surface area contributed by atoms with Gasteiger partial charge in [0.1, 0.15) is 74.5 Å². The zero-order valence-corrected chi connectivity index (χ0v) is 21.0. The quantitative estimate of drug-likeness (QED) is 0.162. The molecule has 3 heterocycles. The molecule has 4 aromatic carbocycles. The van der Waals surface area contributed by atoms with Gasteiger partial charge < -0.3 is 49.6 Å². The Morgan fingerprint density at radius 2 is 1.31 bits per heavy atom. The third-order valence-corrected chi connectivity index (χ3v) is 7.53. The maximum Gasteiger partial charge on any atom is 0.262 e. The van der Waals surface area contributed by atoms with E-state index >= 15 is 0 Å². The molecule has 2 aliphatic heterocycles. The van der Waals surface area contributed by atoms with Crippen LogP contribution in [0.25, 0.3) is 22.1 Å². The highest BCUT2D eigenvalue weighted by molar-refractivity contribution is 6.13. The molecule has 5 aromatic rings. The number of ketones is 1. The molecule has 7 N–H and O–H groups in total. The number of Topliss-reactive ketones (excluding diaryl/α,β-unsaturated/α-hetero) is 1. The Morgan fingerprint density at radius 1 is 0.619 bits per heavy atom. The summed E-state index contributed by atoms with van der Waals surface area (Å²) < 4.78 is 17.3. The molecule has 12 heteroatoms. The normalized spacial score (nSPS) is 18.6. The fourth-order valence-electron chi connectivity index (χ4n) is 5.73. The Bertz CT molecular complexity index is 2080. The van der Waals surface area contributed by atoms with E-state index in [0.717, 1.165) is 42.7 Å². The molecule has 2 aliphatic rings. The van der Waals surface area contributed by atoms with Crippen molar-refractivity contribution >= 4 is 16.8 Å². The molecule has 12 nitrogen and oxygen atoms in total. The van der Waals surface area contributed by atoms with Gasteiger partial charge in [-0.1, -0.05) is 0 Å². The van der Waals surface area contributed by atoms with Crippen molar-refractivity contribution in [2.45, 2.75) is 11.7 Å². The molecule has 0 fully saturated rings. The molecule has 0 radical (unpaired) electrons. The van der Waals surface area contributed by atoms with Crippen LogP contribution in [0.5, 0.6) is 51.7 Å². The van der Waals surface area contributed by atoms with E-state index in [-0.39, 0.29) is 61.8 Å². The van der Waals surface area contributed by atoms with Crippen LogP contribution in [0, 0.1) is 0 Å². The van der Waals surface area contributed by atoms with Crippen LogP contribution >= 0.6 is 0 Å². The van der Waals surface area contributed by atoms with Crippen LogP contribution in [0.2, 0.25) is 0 Å². The van der Waals surface area contributed by atoms with E-state index in [1.54, 1.807) is 0 Å². The topological polar surface area (TPSA) is 207 Å². The number of ether oxygens (including phenoxy) is 2. The van der Waals surface area contributed by atoms with Gasteiger partial charge in [-0.2, -0.15) is 0 Å². The molecule has 0 saturated carbocycles. The summed E-state index contributed by atoms with van der Waals surface area (Å²) >= 11 is 0. The number of phenolic OH excluding ortho intramolecular Hbond substituents is 7. The highest BCUT2D eigenvalue weighted by Crippen LogP contribution is 2.58. The van der Waals surface area contributed by atoms with Gasteiger partial charge in [-0.3, -0.25) is 9.59 Å². The number of hydrogen-bond acceptors (Lipinski definition) is 12. The minimum absolute atomic E-state index is 0.00819. The Labute approximate surface area is 233 Å². The Morgan fingerprint density at radius 3 is 2.10 bits per heavy atom. The summed E-state index contributed by atoms with van der Waals surface area (Å²) in [6.07, 6.45) is -0.562. The summed E-state index contributed by atoms with van der Waals surface area (Å²) in [5.74, 6) is -4.36. The SMILES string of the molecule is O=C1c2c(O)cc(O)cc2OC2Oc3cc(O)ccc3C12c1cc(-c2coc3cc(O)cc(O)c3c2=O)c(O)cc1O. The number of aromatic hydroxyl groups is 7. The fourth-order valence-corrected chi connectivity index (χ4v) is 5.73. The lowest BCUT2D eigenvalue weighted by Crippen LogP contribution is -2.52. The van der Waals surface area contributed by atoms with E-state index in [1.165, 1.54) is 18.2 Å². The first-order valence-electron chi connectivity index (χ1n) is 12.3. The van der Waals surface area contributed by atoms with E-state index in [1.807, 2.05) is 0 Å². The largest absolute Gasteiger partial charge is 0.508 e. The molecule has 0 saturated heterocycles. The predicted octanol–water partition coefficient (Wildman–Crippen LogP) is 3.68. The number of carbonyl (C=O) groups excluding carboxylic acids is 1. The van der Waals surface area contributed by atoms with Crippen LogP contribution in [0.15, 0.2) is 70.1 Å². The van der Waals surface area contributed by atoms with Crippen molar-refractivity contribution < 1.29 is 54.4 Å². The monoisotopic (exact) mass is 570 g/mol. The first-order chi connectivity index (χ1) is 20.0. The lowest BCUT2D eigenvalue weighted by Gasteiger charge is -2.38. The summed E-state index contributed by atoms with van der Waals surface area (Å²) in [4.78, 5) is 27.9. The highest BCUT2D eigenvalue weighted by Gasteiger charge is 2.62. The van der Waals surface area contributed by atoms with E-state index in [4.69, 9.17) is 13.9 Å². The second kappa shape index (κ2) is 8.24. The van der Waals surface area contributed by atoms with Crippen LogP contribution < -0.4 is 14.9 Å². The Hall–Kier alpha value is -6.04. The van der Waals surface area contributed by atoms with Crippen molar-refractivity contribution in [3.05, 3.63) is 87.8 Å². The van der Waals surface area contributed by atoms with Gasteiger partial charge in [-0.25, -0.2) is 0 Å². The van der Waals surface area contributed by atoms with Gasteiger partial charge in [0.15, 0.2) is 11.2 Å². The van der Waals surface area contributed by atoms with Crippen LogP contribution in [-0.2, 0) is 5.41 Å². The number of phenols is 7. The van der Waals surface area contributed by atoms with Crippen LogP contribution in [0.3, 0.4) is 0 Å². The predicted molar refractivity (Wildman–Crippen MR) is 143 cm³/mol. The molecule has 0 spiro atoms. The first kappa shape index (κ1) is 25.0. The van der Waals surface area contributed by atoms with Crippen molar-refractivity contribution in [3.63, 3.8) is 0 Å². The Balaban J connectivity index is 1.54. The van der Waals surface area contributed by atoms with Crippen LogP contribution in [0.4, 0.5) is 0 Å². The molecule has 0 amide bonds. The lowest BCUT2D eigenvalue weighted by molar-refractivity contribution is -0.0237. The molecule has 2 atom stereocenters. The van der Waals surface area contributed by atoms with E-state index in [9.17, 15) is 45.3 Å². The minimum Gasteiger partial charge on any atom is -0.508 e. The standard InChI is InChI=1S/C30H18O12/c31-11-1-2-16-22(5-11)41-29-30(16,28(39)26-21(37)4-13(33)7-24(26)42-29)17-8-14(18(34)9-19(17)35)15-10-40-23-6-12(32)3-20(36)25(23)27(15)38/h1-10,29,31-37H. The van der Waals surface area contributed by atoms with Gasteiger partial charge in [0, 0.05) is 53.1 Å². The van der Waals surface area contributed by atoms with Gasteiger partial charge in [0.25, 0.3) is 6.29 Å². The van der Waals surface area contributed by atoms with Crippen molar-refractivity contribution in [2.75, 3.05) is 0 Å². The molecular weight excluding hydrogens is 552 g/mol. The van der Waals surface area contributed by atoms with Gasteiger partial charge in [-0.15, -0.1) is 0 Å². The van der Waals surface area contributed by atoms with Gasteiger partial charge in [0.05, 0.1) is 5.56 Å². The van der Waals surface area contributed by atoms with E-state index < -0.39 is 51.7 Å². The number of carbonyl (C=O) groups is 1. The van der Waals surface area contributed by atoms with E-state index in [0.29, 0.717) is 0 Å². The van der Waals surface area contributed by atoms with Gasteiger partial charge in [-0.05, 0) is 18.2 Å². The second-order valence-electron chi connectivity index (χ2n) is 9.93.